The van der Waals surface area contributed by atoms with E-state index in [1.54, 1.807) is 13.8 Å². The number of hydrogen-bond acceptors (Lipinski definition) is 34. The third-order valence-electron chi connectivity index (χ3n) is 8.35. The molecule has 0 bridgehead atoms. The molecule has 0 aromatic rings. The highest BCUT2D eigenvalue weighted by atomic mass is 31.2. The van der Waals surface area contributed by atoms with E-state index in [2.05, 4.69) is 0 Å². The zero-order chi connectivity index (χ0) is 57.5. The van der Waals surface area contributed by atoms with Crippen LogP contribution in [0.15, 0.2) is 0 Å². The Bertz CT molecular complexity index is 1830. The number of carbonyl (C=O) groups excluding carboxylic acids is 8. The fraction of sp³-hybridized carbons (Fsp3) is 0.789. The first-order valence-electron chi connectivity index (χ1n) is 22.2. The minimum Gasteiger partial charge on any atom is -0.438 e. The average molecular weight is 1190 g/mol. The number of hydrogen-bond donors (Lipinski definition) is 0. The molecule has 0 N–H and O–H groups in total. The van der Waals surface area contributed by atoms with Gasteiger partial charge < -0.3 is 47.4 Å². The van der Waals surface area contributed by atoms with Crippen molar-refractivity contribution in [3.8, 4) is 0 Å². The molecule has 1 aliphatic rings. The van der Waals surface area contributed by atoms with E-state index in [-0.39, 0.29) is 26.1 Å². The van der Waals surface area contributed by atoms with Crippen LogP contribution in [0.3, 0.4) is 0 Å². The molecule has 0 spiro atoms. The number of ether oxygens (including phenoxy) is 10. The van der Waals surface area contributed by atoms with Crippen LogP contribution in [0.5, 0.6) is 0 Å². The molecular weight excluding hydrogens is 1120 g/mol. The van der Waals surface area contributed by atoms with Crippen molar-refractivity contribution >= 4 is 79.0 Å². The van der Waals surface area contributed by atoms with Crippen LogP contribution in [-0.2, 0) is 158 Å². The highest BCUT2D eigenvalue weighted by Gasteiger charge is 2.62. The van der Waals surface area contributed by atoms with E-state index in [4.69, 9.17) is 102 Å². The fourth-order valence-electron chi connectivity index (χ4n) is 5.09. The van der Waals surface area contributed by atoms with E-state index in [0.717, 1.165) is 55.4 Å². The minimum absolute atomic E-state index is 0.166. The van der Waals surface area contributed by atoms with Crippen molar-refractivity contribution in [1.29, 1.82) is 0 Å². The van der Waals surface area contributed by atoms with Gasteiger partial charge in [0, 0.05) is 68.6 Å². The molecule has 6 atom stereocenters. The molecule has 0 amide bonds. The van der Waals surface area contributed by atoms with Crippen LogP contribution < -0.4 is 0 Å². The predicted molar refractivity (Wildman–Crippen MR) is 241 cm³/mol. The Kier molecular flexibility index (Phi) is 33.5. The maximum Gasteiger partial charge on any atom is 0.481 e. The number of phosphoric ester groups is 4. The maximum atomic E-state index is 14.9. The monoisotopic (exact) mass is 1190 g/mol. The van der Waals surface area contributed by atoms with Gasteiger partial charge in [0.25, 0.3) is 0 Å². The maximum absolute atomic E-state index is 14.9. The van der Waals surface area contributed by atoms with Crippen molar-refractivity contribution in [1.82, 2.24) is 0 Å². The molecule has 0 radical (unpaired) electrons. The van der Waals surface area contributed by atoms with Crippen molar-refractivity contribution in [3.05, 3.63) is 0 Å². The standard InChI is InChI=1S/C38H64O34P4/c1-11-13-15-51-33-34(52-16-14-12-2)36(70-74(48,63-19-55-27(5)41)64-20-56-28(6)42)38(72-76(50,67-23-59-31(9)45)68-24-60-32(10)46)37(71-75(49,65-21-57-29(7)43)66-22-58-30(8)44)35(33)69-73(47,61-17-53-25(3)39)62-18-54-26(4)40/h33-38H,11-24H2,1-10H3/t33-,34+,35-,36-,37+,38+/m1/s1. The molecule has 1 fully saturated rings. The number of unbranched alkanes of at least 4 members (excludes halogenated alkanes) is 2. The molecule has 34 nitrogen and oxygen atoms in total. The second-order valence-corrected chi connectivity index (χ2v) is 21.0. The van der Waals surface area contributed by atoms with Crippen LogP contribution in [0.2, 0.25) is 0 Å². The van der Waals surface area contributed by atoms with Gasteiger partial charge in [0.05, 0.1) is 0 Å². The predicted octanol–water partition coefficient (Wildman–Crippen LogP) is 4.64. The Morgan fingerprint density at radius 2 is 0.447 bits per heavy atom. The molecule has 1 aliphatic carbocycles. The topological polar surface area (TPSA) is 408 Å². The van der Waals surface area contributed by atoms with Gasteiger partial charge in [-0.05, 0) is 12.8 Å². The Hall–Kier alpha value is -3.88. The van der Waals surface area contributed by atoms with Gasteiger partial charge >= 0.3 is 79.0 Å². The minimum atomic E-state index is -5.71. The Morgan fingerprint density at radius 1 is 0.289 bits per heavy atom. The first-order valence-corrected chi connectivity index (χ1v) is 28.1. The zero-order valence-corrected chi connectivity index (χ0v) is 46.6. The number of rotatable bonds is 40. The van der Waals surface area contributed by atoms with Gasteiger partial charge in [-0.3, -0.25) is 56.5 Å². The Labute approximate surface area is 435 Å². The molecule has 1 rings (SSSR count). The van der Waals surface area contributed by atoms with Gasteiger partial charge in [-0.15, -0.1) is 0 Å². The quantitative estimate of drug-likeness (QED) is 0.0265. The van der Waals surface area contributed by atoms with Crippen molar-refractivity contribution in [3.63, 3.8) is 0 Å². The normalized spacial score (nSPS) is 18.9. The number of carbonyl (C=O) groups is 8. The summed E-state index contributed by atoms with van der Waals surface area (Å²) in [5.74, 6) is -8.29. The highest BCUT2D eigenvalue weighted by molar-refractivity contribution is 7.49. The van der Waals surface area contributed by atoms with E-state index in [0.29, 0.717) is 12.8 Å². The molecule has 0 unspecified atom stereocenters. The Balaban J connectivity index is 4.87. The summed E-state index contributed by atoms with van der Waals surface area (Å²) in [5, 5.41) is 0. The van der Waals surface area contributed by atoms with Gasteiger partial charge in [-0.1, -0.05) is 26.7 Å². The summed E-state index contributed by atoms with van der Waals surface area (Å²) in [7, 11) is -22.6. The van der Waals surface area contributed by atoms with Gasteiger partial charge in [0.15, 0.2) is 0 Å². The van der Waals surface area contributed by atoms with Crippen molar-refractivity contribution in [2.24, 2.45) is 0 Å². The third-order valence-corrected chi connectivity index (χ3v) is 13.7. The third kappa shape index (κ3) is 29.7. The Morgan fingerprint density at radius 3 is 0.592 bits per heavy atom. The molecule has 440 valence electrons. The van der Waals surface area contributed by atoms with Crippen LogP contribution in [0.1, 0.15) is 94.9 Å². The lowest BCUT2D eigenvalue weighted by Crippen LogP contribution is -2.67. The van der Waals surface area contributed by atoms with Crippen LogP contribution in [0.25, 0.3) is 0 Å². The number of esters is 8. The van der Waals surface area contributed by atoms with Gasteiger partial charge in [-0.25, -0.2) is 54.5 Å². The van der Waals surface area contributed by atoms with Gasteiger partial charge in [-0.2, -0.15) is 0 Å². The lowest BCUT2D eigenvalue weighted by molar-refractivity contribution is -0.241. The van der Waals surface area contributed by atoms with Gasteiger partial charge in [0.1, 0.15) is 36.6 Å². The smallest absolute Gasteiger partial charge is 0.438 e. The van der Waals surface area contributed by atoms with Crippen molar-refractivity contribution in [2.45, 2.75) is 132 Å². The van der Waals surface area contributed by atoms with E-state index >= 15 is 0 Å². The first kappa shape index (κ1) is 70.1. The summed E-state index contributed by atoms with van der Waals surface area (Å²) in [6, 6.07) is 0. The molecule has 76 heavy (non-hydrogen) atoms. The molecule has 38 heteroatoms. The SMILES string of the molecule is CCCCO[C@@H]1[C@H](OCCCC)[C@@H](OP(=O)(OCOC(C)=O)OCOC(C)=O)[C@H](OP(=O)(OCOC(C)=O)OCOC(C)=O)[C@@H](OP(=O)(OCOC(C)=O)OCOC(C)=O)[C@@H]1OP(=O)(OCOC(C)=O)OCOC(C)=O. The first-order chi connectivity index (χ1) is 35.6. The lowest BCUT2D eigenvalue weighted by atomic mass is 9.84. The van der Waals surface area contributed by atoms with Crippen LogP contribution in [0, 0.1) is 0 Å². The van der Waals surface area contributed by atoms with Crippen LogP contribution >= 0.6 is 31.3 Å². The summed E-state index contributed by atoms with van der Waals surface area (Å²) < 4.78 is 176. The van der Waals surface area contributed by atoms with Gasteiger partial charge in [0.2, 0.25) is 54.3 Å². The largest absolute Gasteiger partial charge is 0.481 e. The highest BCUT2D eigenvalue weighted by Crippen LogP contribution is 2.62. The molecular formula is C38H64O34P4. The lowest BCUT2D eigenvalue weighted by Gasteiger charge is -2.49. The summed E-state index contributed by atoms with van der Waals surface area (Å²) in [5.41, 5.74) is 0. The van der Waals surface area contributed by atoms with E-state index < -0.39 is 170 Å². The number of phosphoric acid groups is 4. The zero-order valence-electron chi connectivity index (χ0n) is 43.0. The molecule has 0 heterocycles. The van der Waals surface area contributed by atoms with Crippen LogP contribution in [-0.4, -0.2) is 152 Å². The van der Waals surface area contributed by atoms with E-state index in [9.17, 15) is 56.6 Å². The second kappa shape index (κ2) is 36.3. The van der Waals surface area contributed by atoms with Crippen molar-refractivity contribution in [2.75, 3.05) is 67.6 Å². The summed E-state index contributed by atoms with van der Waals surface area (Å²) in [6.45, 7) is -0.344. The van der Waals surface area contributed by atoms with Crippen molar-refractivity contribution < 1.29 is 158 Å². The second-order valence-electron chi connectivity index (χ2n) is 14.5. The van der Waals surface area contributed by atoms with E-state index in [1.165, 1.54) is 0 Å². The molecule has 0 aliphatic heterocycles. The summed E-state index contributed by atoms with van der Waals surface area (Å²) >= 11 is 0. The fourth-order valence-corrected chi connectivity index (χ4v) is 9.48. The summed E-state index contributed by atoms with van der Waals surface area (Å²) in [6.07, 6.45) is -13.4. The molecule has 1 saturated carbocycles. The van der Waals surface area contributed by atoms with Crippen LogP contribution in [0.4, 0.5) is 0 Å². The van der Waals surface area contributed by atoms with E-state index in [1.807, 2.05) is 0 Å². The molecule has 0 aromatic carbocycles. The summed E-state index contributed by atoms with van der Waals surface area (Å²) in [4.78, 5) is 95.0. The molecule has 0 aromatic heterocycles. The molecule has 0 saturated heterocycles. The average Bonchev–Trinajstić information content (AvgIpc) is 3.28.